The Hall–Kier alpha value is -3.42. The predicted molar refractivity (Wildman–Crippen MR) is 113 cm³/mol. The molecule has 0 saturated carbocycles. The molecule has 29 heavy (non-hydrogen) atoms. The van der Waals surface area contributed by atoms with Gasteiger partial charge in [-0.1, -0.05) is 47.7 Å². The Labute approximate surface area is 172 Å². The van der Waals surface area contributed by atoms with Crippen molar-refractivity contribution < 1.29 is 14.8 Å². The first-order valence-corrected chi connectivity index (χ1v) is 9.60. The van der Waals surface area contributed by atoms with Gasteiger partial charge in [0.15, 0.2) is 0 Å². The zero-order valence-electron chi connectivity index (χ0n) is 15.6. The van der Waals surface area contributed by atoms with Crippen LogP contribution in [0, 0.1) is 6.92 Å². The molecule has 3 N–H and O–H groups in total. The van der Waals surface area contributed by atoms with Crippen molar-refractivity contribution in [1.82, 2.24) is 10.5 Å². The standard InChI is InChI=1S/C22H19N3O3S/c1-15-8-11-17(12-9-15)29-22-18(6-4-14-23-22)21(27)24-19-7-3-2-5-16(19)10-13-20(26)25-28/h2-14,28H,1H3,(H,24,27)(H,25,26). The average molecular weight is 405 g/mol. The number of para-hydroxylation sites is 1. The molecule has 1 aromatic heterocycles. The molecule has 146 valence electrons. The number of carbonyl (C=O) groups is 2. The van der Waals surface area contributed by atoms with Crippen molar-refractivity contribution in [3.8, 4) is 0 Å². The number of nitrogens with zero attached hydrogens (tertiary/aromatic N) is 1. The van der Waals surface area contributed by atoms with Crippen molar-refractivity contribution >= 4 is 35.3 Å². The van der Waals surface area contributed by atoms with Crippen LogP contribution in [0.4, 0.5) is 5.69 Å². The molecule has 7 heteroatoms. The molecule has 0 spiro atoms. The molecule has 3 rings (SSSR count). The summed E-state index contributed by atoms with van der Waals surface area (Å²) in [6.45, 7) is 2.02. The number of amides is 2. The lowest BCUT2D eigenvalue weighted by atomic mass is 10.1. The third-order valence-electron chi connectivity index (χ3n) is 3.98. The maximum atomic E-state index is 12.9. The molecule has 1 heterocycles. The summed E-state index contributed by atoms with van der Waals surface area (Å²) < 4.78 is 0. The third kappa shape index (κ3) is 5.54. The van der Waals surface area contributed by atoms with Crippen molar-refractivity contribution in [2.45, 2.75) is 16.8 Å². The van der Waals surface area contributed by atoms with E-state index in [0.29, 0.717) is 21.8 Å². The average Bonchev–Trinajstić information content (AvgIpc) is 2.74. The second-order valence-corrected chi connectivity index (χ2v) is 7.18. The first kappa shape index (κ1) is 20.3. The number of aromatic nitrogens is 1. The van der Waals surface area contributed by atoms with E-state index in [9.17, 15) is 9.59 Å². The molecule has 3 aromatic rings. The number of rotatable bonds is 6. The van der Waals surface area contributed by atoms with Gasteiger partial charge in [0.2, 0.25) is 0 Å². The Balaban J connectivity index is 1.83. The molecule has 2 aromatic carbocycles. The molecular formula is C22H19N3O3S. The molecule has 0 atom stereocenters. The quantitative estimate of drug-likeness (QED) is 0.323. The van der Waals surface area contributed by atoms with Gasteiger partial charge in [-0.05, 0) is 48.9 Å². The Bertz CT molecular complexity index is 1050. The SMILES string of the molecule is Cc1ccc(Sc2ncccc2C(=O)Nc2ccccc2C=CC(=O)NO)cc1. The highest BCUT2D eigenvalue weighted by Gasteiger charge is 2.14. The summed E-state index contributed by atoms with van der Waals surface area (Å²) in [7, 11) is 0. The number of pyridine rings is 1. The van der Waals surface area contributed by atoms with Crippen molar-refractivity contribution in [2.24, 2.45) is 0 Å². The van der Waals surface area contributed by atoms with Gasteiger partial charge >= 0.3 is 0 Å². The molecule has 6 nitrogen and oxygen atoms in total. The summed E-state index contributed by atoms with van der Waals surface area (Å²) in [6, 6.07) is 18.5. The number of benzene rings is 2. The van der Waals surface area contributed by atoms with Crippen molar-refractivity contribution in [1.29, 1.82) is 0 Å². The van der Waals surface area contributed by atoms with Gasteiger partial charge in [0, 0.05) is 22.9 Å². The van der Waals surface area contributed by atoms with E-state index in [0.717, 1.165) is 10.5 Å². The molecule has 0 unspecified atom stereocenters. The minimum absolute atomic E-state index is 0.305. The molecule has 0 bridgehead atoms. The molecule has 0 aliphatic carbocycles. The summed E-state index contributed by atoms with van der Waals surface area (Å²) in [5.41, 5.74) is 4.30. The van der Waals surface area contributed by atoms with E-state index in [4.69, 9.17) is 5.21 Å². The Morgan fingerprint density at radius 3 is 2.55 bits per heavy atom. The fourth-order valence-electron chi connectivity index (χ4n) is 2.51. The van der Waals surface area contributed by atoms with Crippen LogP contribution in [0.1, 0.15) is 21.5 Å². The van der Waals surface area contributed by atoms with Crippen LogP contribution in [-0.4, -0.2) is 22.0 Å². The van der Waals surface area contributed by atoms with Gasteiger partial charge in [0.05, 0.1) is 5.56 Å². The summed E-state index contributed by atoms with van der Waals surface area (Å²) in [5.74, 6) is -0.963. The highest BCUT2D eigenvalue weighted by Crippen LogP contribution is 2.29. The third-order valence-corrected chi connectivity index (χ3v) is 5.01. The zero-order chi connectivity index (χ0) is 20.6. The molecule has 0 radical (unpaired) electrons. The highest BCUT2D eigenvalue weighted by molar-refractivity contribution is 7.99. The van der Waals surface area contributed by atoms with Crippen molar-refractivity contribution in [2.75, 3.05) is 5.32 Å². The second kappa shape index (κ2) is 9.68. The minimum atomic E-state index is -0.657. The van der Waals surface area contributed by atoms with Gasteiger partial charge in [0.25, 0.3) is 11.8 Å². The van der Waals surface area contributed by atoms with Crippen LogP contribution in [-0.2, 0) is 4.79 Å². The van der Waals surface area contributed by atoms with E-state index >= 15 is 0 Å². The van der Waals surface area contributed by atoms with E-state index in [1.54, 1.807) is 42.6 Å². The Kier molecular flexibility index (Phi) is 6.78. The van der Waals surface area contributed by atoms with E-state index in [1.165, 1.54) is 29.4 Å². The van der Waals surface area contributed by atoms with E-state index in [-0.39, 0.29) is 5.91 Å². The van der Waals surface area contributed by atoms with Crippen LogP contribution in [0.3, 0.4) is 0 Å². The van der Waals surface area contributed by atoms with E-state index < -0.39 is 5.91 Å². The van der Waals surface area contributed by atoms with E-state index in [1.807, 2.05) is 31.2 Å². The van der Waals surface area contributed by atoms with E-state index in [2.05, 4.69) is 10.3 Å². The maximum Gasteiger partial charge on any atom is 0.267 e. The van der Waals surface area contributed by atoms with Gasteiger partial charge in [-0.25, -0.2) is 10.5 Å². The molecule has 0 aliphatic heterocycles. The lowest BCUT2D eigenvalue weighted by Crippen LogP contribution is -2.15. The normalized spacial score (nSPS) is 10.7. The first-order valence-electron chi connectivity index (χ1n) is 8.79. The van der Waals surface area contributed by atoms with Crippen LogP contribution < -0.4 is 10.8 Å². The van der Waals surface area contributed by atoms with Crippen LogP contribution in [0.2, 0.25) is 0 Å². The van der Waals surface area contributed by atoms with Crippen molar-refractivity contribution in [3.63, 3.8) is 0 Å². The number of nitrogens with one attached hydrogen (secondary N) is 2. The topological polar surface area (TPSA) is 91.3 Å². The fourth-order valence-corrected chi connectivity index (χ4v) is 3.39. The number of carbonyl (C=O) groups excluding carboxylic acids is 2. The number of aryl methyl sites for hydroxylation is 1. The molecule has 0 aliphatic rings. The second-order valence-electron chi connectivity index (χ2n) is 6.12. The van der Waals surface area contributed by atoms with Gasteiger partial charge < -0.3 is 5.32 Å². The Morgan fingerprint density at radius 1 is 1.03 bits per heavy atom. The number of hydroxylamine groups is 1. The van der Waals surface area contributed by atoms with Gasteiger partial charge in [-0.3, -0.25) is 14.8 Å². The van der Waals surface area contributed by atoms with Gasteiger partial charge in [-0.15, -0.1) is 0 Å². The Morgan fingerprint density at radius 2 is 1.79 bits per heavy atom. The largest absolute Gasteiger partial charge is 0.321 e. The highest BCUT2D eigenvalue weighted by atomic mass is 32.2. The number of hydrogen-bond donors (Lipinski definition) is 3. The summed E-state index contributed by atoms with van der Waals surface area (Å²) in [6.07, 6.45) is 4.33. The van der Waals surface area contributed by atoms with Gasteiger partial charge in [0.1, 0.15) is 5.03 Å². The smallest absolute Gasteiger partial charge is 0.267 e. The molecule has 0 saturated heterocycles. The van der Waals surface area contributed by atoms with Crippen LogP contribution in [0.25, 0.3) is 6.08 Å². The molecular weight excluding hydrogens is 386 g/mol. The number of hydrogen-bond acceptors (Lipinski definition) is 5. The van der Waals surface area contributed by atoms with Crippen LogP contribution >= 0.6 is 11.8 Å². The maximum absolute atomic E-state index is 12.9. The first-order chi connectivity index (χ1) is 14.1. The van der Waals surface area contributed by atoms with Gasteiger partial charge in [-0.2, -0.15) is 0 Å². The summed E-state index contributed by atoms with van der Waals surface area (Å²) in [4.78, 5) is 29.5. The summed E-state index contributed by atoms with van der Waals surface area (Å²) >= 11 is 1.42. The van der Waals surface area contributed by atoms with Crippen LogP contribution in [0.5, 0.6) is 0 Å². The molecule has 2 amide bonds. The number of anilines is 1. The summed E-state index contributed by atoms with van der Waals surface area (Å²) in [5, 5.41) is 12.1. The fraction of sp³-hybridized carbons (Fsp3) is 0.0455. The lowest BCUT2D eigenvalue weighted by molar-refractivity contribution is -0.124. The van der Waals surface area contributed by atoms with Crippen LogP contribution in [0.15, 0.2) is 82.9 Å². The monoisotopic (exact) mass is 405 g/mol. The lowest BCUT2D eigenvalue weighted by Gasteiger charge is -2.11. The molecule has 0 fully saturated rings. The zero-order valence-corrected chi connectivity index (χ0v) is 16.4. The predicted octanol–water partition coefficient (Wildman–Crippen LogP) is 4.31. The minimum Gasteiger partial charge on any atom is -0.321 e. The van der Waals surface area contributed by atoms with Crippen molar-refractivity contribution in [3.05, 3.63) is 89.6 Å².